The van der Waals surface area contributed by atoms with Crippen molar-refractivity contribution in [3.63, 3.8) is 0 Å². The highest BCUT2D eigenvalue weighted by atomic mass is 32.2. The number of rotatable bonds is 3. The van der Waals surface area contributed by atoms with E-state index in [1.807, 2.05) is 38.1 Å². The van der Waals surface area contributed by atoms with E-state index < -0.39 is 11.1 Å². The average Bonchev–Trinajstić information content (AvgIpc) is 3.03. The summed E-state index contributed by atoms with van der Waals surface area (Å²) < 4.78 is 15.7. The summed E-state index contributed by atoms with van der Waals surface area (Å²) >= 11 is 1.31. The second-order valence-corrected chi connectivity index (χ2v) is 7.50. The zero-order valence-corrected chi connectivity index (χ0v) is 15.6. The number of aromatic nitrogens is 3. The molecule has 0 bridgehead atoms. The Morgan fingerprint density at radius 3 is 2.63 bits per heavy atom. The molecule has 3 aromatic rings. The molecule has 0 unspecified atom stereocenters. The number of thioether (sulfide) groups is 1. The minimum atomic E-state index is -0.539. The number of amides is 1. The second kappa shape index (κ2) is 7.03. The van der Waals surface area contributed by atoms with E-state index in [-0.39, 0.29) is 17.6 Å². The lowest BCUT2D eigenvalue weighted by Crippen LogP contribution is -2.41. The summed E-state index contributed by atoms with van der Waals surface area (Å²) in [7, 11) is 0. The van der Waals surface area contributed by atoms with Crippen LogP contribution in [-0.2, 0) is 4.79 Å². The number of hydrogen-bond acceptors (Lipinski definition) is 5. The van der Waals surface area contributed by atoms with Crippen LogP contribution in [0.3, 0.4) is 0 Å². The van der Waals surface area contributed by atoms with Gasteiger partial charge in [0.25, 0.3) is 0 Å². The Bertz CT molecular complexity index is 988. The van der Waals surface area contributed by atoms with Crippen LogP contribution in [0.1, 0.15) is 23.0 Å². The molecule has 2 heterocycles. The summed E-state index contributed by atoms with van der Waals surface area (Å²) in [5.41, 5.74) is 5.58. The van der Waals surface area contributed by atoms with Crippen molar-refractivity contribution < 1.29 is 9.18 Å². The van der Waals surface area contributed by atoms with Crippen molar-refractivity contribution in [3.8, 4) is 0 Å². The smallest absolute Gasteiger partial charge is 0.240 e. The van der Waals surface area contributed by atoms with Gasteiger partial charge in [-0.05, 0) is 31.5 Å². The lowest BCUT2D eigenvalue weighted by atomic mass is 10.0. The molecular weight excluding hydrogens is 365 g/mol. The highest BCUT2D eigenvalue weighted by molar-refractivity contribution is 8.00. The largest absolute Gasteiger partial charge is 0.323 e. The van der Waals surface area contributed by atoms with Gasteiger partial charge in [0.1, 0.15) is 16.9 Å². The summed E-state index contributed by atoms with van der Waals surface area (Å²) in [4.78, 5) is 13.0. The Kier molecular flexibility index (Phi) is 4.57. The second-order valence-electron chi connectivity index (χ2n) is 6.39. The first-order valence-electron chi connectivity index (χ1n) is 8.50. The first kappa shape index (κ1) is 17.5. The first-order valence-corrected chi connectivity index (χ1v) is 9.38. The van der Waals surface area contributed by atoms with E-state index in [1.54, 1.807) is 22.9 Å². The van der Waals surface area contributed by atoms with Gasteiger partial charge in [-0.15, -0.1) is 10.2 Å². The molecule has 27 heavy (non-hydrogen) atoms. The number of anilines is 1. The molecular formula is C19H18FN5OS. The lowest BCUT2D eigenvalue weighted by molar-refractivity contribution is -0.116. The molecule has 0 saturated carbocycles. The lowest BCUT2D eigenvalue weighted by Gasteiger charge is -2.32. The van der Waals surface area contributed by atoms with Crippen molar-refractivity contribution in [3.05, 3.63) is 71.3 Å². The van der Waals surface area contributed by atoms with Crippen LogP contribution in [0.15, 0.2) is 53.7 Å². The number of nitrogens with one attached hydrogen (secondary N) is 2. The summed E-state index contributed by atoms with van der Waals surface area (Å²) in [5.74, 6) is -0.0526. The normalized spacial score (nSPS) is 18.5. The van der Waals surface area contributed by atoms with Gasteiger partial charge >= 0.3 is 0 Å². The van der Waals surface area contributed by atoms with Crippen molar-refractivity contribution in [1.29, 1.82) is 0 Å². The number of carbonyl (C=O) groups excluding carboxylic acids is 1. The Labute approximate surface area is 160 Å². The van der Waals surface area contributed by atoms with Crippen molar-refractivity contribution in [2.75, 3.05) is 10.7 Å². The molecule has 1 aliphatic heterocycles. The molecule has 0 fully saturated rings. The maximum absolute atomic E-state index is 14.0. The summed E-state index contributed by atoms with van der Waals surface area (Å²) in [6.07, 6.45) is 0. The van der Waals surface area contributed by atoms with E-state index >= 15 is 0 Å². The molecule has 0 saturated heterocycles. The Morgan fingerprint density at radius 1 is 1.15 bits per heavy atom. The van der Waals surface area contributed by atoms with Crippen molar-refractivity contribution in [2.24, 2.45) is 0 Å². The van der Waals surface area contributed by atoms with Crippen LogP contribution in [0, 0.1) is 19.7 Å². The van der Waals surface area contributed by atoms with E-state index in [9.17, 15) is 9.18 Å². The maximum Gasteiger partial charge on any atom is 0.240 e. The Balaban J connectivity index is 1.68. The zero-order valence-electron chi connectivity index (χ0n) is 14.8. The van der Waals surface area contributed by atoms with E-state index in [0.29, 0.717) is 11.0 Å². The molecule has 2 atom stereocenters. The maximum atomic E-state index is 14.0. The van der Waals surface area contributed by atoms with E-state index in [0.717, 1.165) is 11.1 Å². The fraction of sp³-hybridized carbons (Fsp3) is 0.211. The molecule has 4 rings (SSSR count). The molecule has 2 aromatic carbocycles. The van der Waals surface area contributed by atoms with Crippen LogP contribution in [0.5, 0.6) is 0 Å². The fourth-order valence-electron chi connectivity index (χ4n) is 2.95. The Morgan fingerprint density at radius 2 is 1.89 bits per heavy atom. The van der Waals surface area contributed by atoms with Crippen LogP contribution >= 0.6 is 11.8 Å². The van der Waals surface area contributed by atoms with E-state index in [4.69, 9.17) is 0 Å². The highest BCUT2D eigenvalue weighted by Gasteiger charge is 2.37. The van der Waals surface area contributed by atoms with E-state index in [1.165, 1.54) is 17.8 Å². The van der Waals surface area contributed by atoms with Gasteiger partial charge < -0.3 is 10.7 Å². The minimum Gasteiger partial charge on any atom is -0.323 e. The fourth-order valence-corrected chi connectivity index (χ4v) is 4.08. The minimum absolute atomic E-state index is 0.161. The van der Waals surface area contributed by atoms with Gasteiger partial charge in [-0.25, -0.2) is 9.07 Å². The van der Waals surface area contributed by atoms with Crippen molar-refractivity contribution in [1.82, 2.24) is 14.9 Å². The molecule has 2 N–H and O–H groups in total. The van der Waals surface area contributed by atoms with Gasteiger partial charge in [-0.1, -0.05) is 53.7 Å². The monoisotopic (exact) mass is 383 g/mol. The molecule has 138 valence electrons. The molecule has 0 radical (unpaired) electrons. The zero-order chi connectivity index (χ0) is 19.0. The molecule has 1 amide bonds. The van der Waals surface area contributed by atoms with Gasteiger partial charge in [0, 0.05) is 0 Å². The summed E-state index contributed by atoms with van der Waals surface area (Å²) in [5, 5.41) is 10.9. The number of hydrogen-bond donors (Lipinski definition) is 2. The van der Waals surface area contributed by atoms with E-state index in [2.05, 4.69) is 20.9 Å². The van der Waals surface area contributed by atoms with Gasteiger partial charge in [0.15, 0.2) is 0 Å². The van der Waals surface area contributed by atoms with Crippen molar-refractivity contribution >= 4 is 23.4 Å². The number of carbonyl (C=O) groups is 1. The Hall–Kier alpha value is -2.87. The SMILES string of the molecule is Cc1ccc([C@@H]2Nn3c(C)nnc3S[C@@H]2C(=O)Nc2ccccc2F)cc1. The number of aryl methyl sites for hydroxylation is 2. The van der Waals surface area contributed by atoms with Crippen LogP contribution in [0.2, 0.25) is 0 Å². The highest BCUT2D eigenvalue weighted by Crippen LogP contribution is 2.37. The molecule has 0 aliphatic carbocycles. The van der Waals surface area contributed by atoms with Gasteiger partial charge in [-0.3, -0.25) is 4.79 Å². The number of halogens is 1. The third-order valence-electron chi connectivity index (χ3n) is 4.43. The van der Waals surface area contributed by atoms with Crippen LogP contribution in [0.4, 0.5) is 10.1 Å². The molecule has 0 spiro atoms. The molecule has 1 aliphatic rings. The van der Waals surface area contributed by atoms with Crippen LogP contribution < -0.4 is 10.7 Å². The van der Waals surface area contributed by atoms with Gasteiger partial charge in [-0.2, -0.15) is 0 Å². The number of nitrogens with zero attached hydrogens (tertiary/aromatic N) is 3. The predicted molar refractivity (Wildman–Crippen MR) is 103 cm³/mol. The molecule has 6 nitrogen and oxygen atoms in total. The van der Waals surface area contributed by atoms with Crippen molar-refractivity contribution in [2.45, 2.75) is 30.3 Å². The first-order chi connectivity index (χ1) is 13.0. The molecule has 8 heteroatoms. The number of para-hydroxylation sites is 1. The quantitative estimate of drug-likeness (QED) is 0.725. The summed E-state index contributed by atoms with van der Waals surface area (Å²) in [6, 6.07) is 13.8. The van der Waals surface area contributed by atoms with Crippen LogP contribution in [-0.4, -0.2) is 26.0 Å². The predicted octanol–water partition coefficient (Wildman–Crippen LogP) is 3.43. The number of benzene rings is 2. The topological polar surface area (TPSA) is 71.8 Å². The third-order valence-corrected chi connectivity index (χ3v) is 5.64. The average molecular weight is 383 g/mol. The third kappa shape index (κ3) is 3.40. The van der Waals surface area contributed by atoms with Gasteiger partial charge in [0.05, 0.1) is 11.7 Å². The summed E-state index contributed by atoms with van der Waals surface area (Å²) in [6.45, 7) is 3.85. The van der Waals surface area contributed by atoms with Crippen LogP contribution in [0.25, 0.3) is 0 Å². The standard InChI is InChI=1S/C19H18FN5OS/c1-11-7-9-13(10-8-11)16-17(27-19-23-22-12(2)25(19)24-16)18(26)21-15-6-4-3-5-14(15)20/h3-10,16-17,24H,1-2H3,(H,21,26)/t16-,17-/m0/s1. The van der Waals surface area contributed by atoms with Gasteiger partial charge in [0.2, 0.25) is 11.1 Å². The number of fused-ring (bicyclic) bond motifs is 1. The molecule has 1 aromatic heterocycles.